The molecule has 5 rings (SSSR count). The molecule has 8 nitrogen and oxygen atoms in total. The molecule has 1 aliphatic rings. The second kappa shape index (κ2) is 8.57. The van der Waals surface area contributed by atoms with E-state index in [9.17, 15) is 15.0 Å². The van der Waals surface area contributed by atoms with E-state index >= 15 is 0 Å². The third-order valence-corrected chi connectivity index (χ3v) is 6.86. The van der Waals surface area contributed by atoms with Crippen molar-refractivity contribution >= 4 is 43.6 Å². The first kappa shape index (κ1) is 21.0. The molecular weight excluding hydrogens is 426 g/mol. The maximum Gasteiger partial charge on any atom is 0.192 e. The summed E-state index contributed by atoms with van der Waals surface area (Å²) in [6.07, 6.45) is 4.67. The molecule has 3 unspecified atom stereocenters. The fraction of sp³-hybridized carbons (Fsp3) is 0.391. The Bertz CT molecular complexity index is 1280. The number of benzene rings is 1. The van der Waals surface area contributed by atoms with E-state index in [0.717, 1.165) is 52.4 Å². The number of H-pyrrole nitrogens is 1. The van der Waals surface area contributed by atoms with Crippen LogP contribution in [0.1, 0.15) is 54.4 Å². The van der Waals surface area contributed by atoms with Gasteiger partial charge in [0.1, 0.15) is 11.9 Å². The number of carbonyl (C=O) groups excluding carboxylic acids is 1. The smallest absolute Gasteiger partial charge is 0.192 e. The van der Waals surface area contributed by atoms with Crippen molar-refractivity contribution in [3.05, 3.63) is 47.4 Å². The summed E-state index contributed by atoms with van der Waals surface area (Å²) in [5, 5.41) is 24.0. The zero-order chi connectivity index (χ0) is 22.2. The number of carbonyl (C=O) groups is 1. The number of aromatic amines is 1. The molecule has 0 spiro atoms. The summed E-state index contributed by atoms with van der Waals surface area (Å²) in [5.74, 6) is 0.387. The third-order valence-electron chi connectivity index (χ3n) is 5.91. The molecule has 3 aromatic heterocycles. The molecule has 0 aliphatic heterocycles. The van der Waals surface area contributed by atoms with Gasteiger partial charge in [0.25, 0.3) is 0 Å². The highest BCUT2D eigenvalue weighted by Gasteiger charge is 2.23. The van der Waals surface area contributed by atoms with Crippen LogP contribution in [0, 0.1) is 0 Å². The van der Waals surface area contributed by atoms with Crippen LogP contribution >= 0.6 is 11.3 Å². The van der Waals surface area contributed by atoms with Gasteiger partial charge in [-0.2, -0.15) is 0 Å². The molecule has 0 radical (unpaired) electrons. The molecule has 166 valence electrons. The largest absolute Gasteiger partial charge is 0.391 e. The van der Waals surface area contributed by atoms with Crippen molar-refractivity contribution in [2.24, 2.45) is 0 Å². The number of thiazole rings is 1. The van der Waals surface area contributed by atoms with Gasteiger partial charge in [-0.05, 0) is 43.5 Å². The molecule has 3 atom stereocenters. The highest BCUT2D eigenvalue weighted by molar-refractivity contribution is 7.22. The average molecular weight is 452 g/mol. The first-order valence-corrected chi connectivity index (χ1v) is 11.7. The Morgan fingerprint density at radius 3 is 2.94 bits per heavy atom. The number of imidazole rings is 1. The van der Waals surface area contributed by atoms with Gasteiger partial charge in [0.2, 0.25) is 0 Å². The van der Waals surface area contributed by atoms with Crippen LogP contribution in [0.25, 0.3) is 21.4 Å². The van der Waals surface area contributed by atoms with Crippen LogP contribution in [0.4, 0.5) is 5.13 Å². The zero-order valence-corrected chi connectivity index (χ0v) is 18.5. The van der Waals surface area contributed by atoms with Crippen molar-refractivity contribution in [1.82, 2.24) is 19.9 Å². The van der Waals surface area contributed by atoms with Gasteiger partial charge in [0.15, 0.2) is 16.6 Å². The summed E-state index contributed by atoms with van der Waals surface area (Å²) >= 11 is 1.59. The first-order valence-electron chi connectivity index (χ1n) is 10.9. The minimum absolute atomic E-state index is 0.0671. The number of ketones is 1. The standard InChI is InChI=1S/C23H25N5O3S/c1-12(29)21(31)14-10-17-22(24-11-14)28-20(25-17)9-13-6-7-16-19(8-13)32-23(27-16)26-15-4-2-3-5-18(15)30/h6-8,10-12,15,18,29-30H,2-5,9H2,1H3,(H,26,27)(H,24,25,28). The minimum Gasteiger partial charge on any atom is -0.391 e. The van der Waals surface area contributed by atoms with Gasteiger partial charge < -0.3 is 20.5 Å². The summed E-state index contributed by atoms with van der Waals surface area (Å²) in [4.78, 5) is 28.7. The second-order valence-corrected chi connectivity index (χ2v) is 9.45. The molecule has 1 fully saturated rings. The number of hydrogen-bond donors (Lipinski definition) is 4. The molecule has 0 saturated heterocycles. The topological polar surface area (TPSA) is 124 Å². The van der Waals surface area contributed by atoms with Gasteiger partial charge in [-0.25, -0.2) is 15.0 Å². The van der Waals surface area contributed by atoms with Crippen molar-refractivity contribution in [3.63, 3.8) is 0 Å². The summed E-state index contributed by atoms with van der Waals surface area (Å²) < 4.78 is 1.08. The van der Waals surface area contributed by atoms with Gasteiger partial charge in [0, 0.05) is 18.2 Å². The molecule has 32 heavy (non-hydrogen) atoms. The van der Waals surface area contributed by atoms with E-state index in [4.69, 9.17) is 0 Å². The number of anilines is 1. The lowest BCUT2D eigenvalue weighted by atomic mass is 9.93. The highest BCUT2D eigenvalue weighted by Crippen LogP contribution is 2.30. The lowest BCUT2D eigenvalue weighted by Crippen LogP contribution is -2.36. The van der Waals surface area contributed by atoms with Gasteiger partial charge in [-0.15, -0.1) is 0 Å². The van der Waals surface area contributed by atoms with E-state index in [2.05, 4.69) is 31.3 Å². The molecule has 0 bridgehead atoms. The monoisotopic (exact) mass is 451 g/mol. The van der Waals surface area contributed by atoms with Crippen LogP contribution in [0.3, 0.4) is 0 Å². The van der Waals surface area contributed by atoms with Gasteiger partial charge in [0.05, 0.1) is 27.9 Å². The number of aliphatic hydroxyl groups excluding tert-OH is 2. The molecule has 4 aromatic rings. The highest BCUT2D eigenvalue weighted by atomic mass is 32.1. The summed E-state index contributed by atoms with van der Waals surface area (Å²) in [6, 6.07) is 7.89. The van der Waals surface area contributed by atoms with Gasteiger partial charge >= 0.3 is 0 Å². The van der Waals surface area contributed by atoms with Gasteiger partial charge in [-0.1, -0.05) is 30.2 Å². The van der Waals surface area contributed by atoms with Crippen molar-refractivity contribution in [1.29, 1.82) is 0 Å². The number of nitrogens with zero attached hydrogens (tertiary/aromatic N) is 3. The maximum absolute atomic E-state index is 12.0. The summed E-state index contributed by atoms with van der Waals surface area (Å²) in [5.41, 5.74) is 3.59. The van der Waals surface area contributed by atoms with Crippen LogP contribution in [-0.2, 0) is 6.42 Å². The van der Waals surface area contributed by atoms with Crippen LogP contribution < -0.4 is 5.32 Å². The Morgan fingerprint density at radius 2 is 2.12 bits per heavy atom. The Hall–Kier alpha value is -2.88. The van der Waals surface area contributed by atoms with Crippen LogP contribution in [0.2, 0.25) is 0 Å². The second-order valence-electron chi connectivity index (χ2n) is 8.42. The Labute approximate surface area is 188 Å². The minimum atomic E-state index is -1.07. The lowest BCUT2D eigenvalue weighted by molar-refractivity contribution is 0.0779. The van der Waals surface area contributed by atoms with Crippen molar-refractivity contribution in [2.45, 2.75) is 57.3 Å². The number of rotatable bonds is 6. The van der Waals surface area contributed by atoms with E-state index in [0.29, 0.717) is 23.1 Å². The van der Waals surface area contributed by atoms with E-state index in [-0.39, 0.29) is 17.9 Å². The lowest BCUT2D eigenvalue weighted by Gasteiger charge is -2.27. The van der Waals surface area contributed by atoms with E-state index in [1.54, 1.807) is 17.4 Å². The number of aliphatic hydroxyl groups is 2. The normalized spacial score (nSPS) is 20.0. The average Bonchev–Trinajstić information content (AvgIpc) is 3.36. The predicted octanol–water partition coefficient (Wildman–Crippen LogP) is 3.44. The number of nitrogens with one attached hydrogen (secondary N) is 2. The Balaban J connectivity index is 1.34. The van der Waals surface area contributed by atoms with Crippen LogP contribution in [-0.4, -0.2) is 54.2 Å². The Kier molecular flexibility index (Phi) is 5.62. The molecular formula is C23H25N5O3S. The quantitative estimate of drug-likeness (QED) is 0.331. The van der Waals surface area contributed by atoms with E-state index in [1.165, 1.54) is 13.1 Å². The molecule has 9 heteroatoms. The number of fused-ring (bicyclic) bond motifs is 2. The van der Waals surface area contributed by atoms with Gasteiger partial charge in [-0.3, -0.25) is 4.79 Å². The molecule has 1 aliphatic carbocycles. The zero-order valence-electron chi connectivity index (χ0n) is 17.7. The van der Waals surface area contributed by atoms with E-state index < -0.39 is 6.10 Å². The third kappa shape index (κ3) is 4.23. The fourth-order valence-corrected chi connectivity index (χ4v) is 5.17. The molecule has 4 N–H and O–H groups in total. The fourth-order valence-electron chi connectivity index (χ4n) is 4.18. The number of hydrogen-bond acceptors (Lipinski definition) is 8. The number of pyridine rings is 1. The molecule has 0 amide bonds. The summed E-state index contributed by atoms with van der Waals surface area (Å²) in [7, 11) is 0. The molecule has 1 saturated carbocycles. The predicted molar refractivity (Wildman–Crippen MR) is 124 cm³/mol. The molecule has 1 aromatic carbocycles. The summed E-state index contributed by atoms with van der Waals surface area (Å²) in [6.45, 7) is 1.44. The number of Topliss-reactive ketones (excluding diaryl/α,β-unsaturated/α-hetero) is 1. The maximum atomic E-state index is 12.0. The van der Waals surface area contributed by atoms with Crippen molar-refractivity contribution in [3.8, 4) is 0 Å². The number of aromatic nitrogens is 4. The van der Waals surface area contributed by atoms with Crippen molar-refractivity contribution in [2.75, 3.05) is 5.32 Å². The van der Waals surface area contributed by atoms with Crippen molar-refractivity contribution < 1.29 is 15.0 Å². The SMILES string of the molecule is CC(O)C(=O)c1cnc2nc(Cc3ccc4nc(NC5CCCCC5O)sc4c3)[nH]c2c1. The van der Waals surface area contributed by atoms with Crippen LogP contribution in [0.15, 0.2) is 30.5 Å². The Morgan fingerprint density at radius 1 is 1.28 bits per heavy atom. The molecule has 3 heterocycles. The van der Waals surface area contributed by atoms with Crippen LogP contribution in [0.5, 0.6) is 0 Å². The first-order chi connectivity index (χ1) is 15.5. The van der Waals surface area contributed by atoms with E-state index in [1.807, 2.05) is 12.1 Å².